The Morgan fingerprint density at radius 1 is 0.767 bits per heavy atom. The number of hydrogen-bond donors (Lipinski definition) is 0. The zero-order valence-corrected chi connectivity index (χ0v) is 25.6. The third-order valence-electron chi connectivity index (χ3n) is 8.77. The second kappa shape index (κ2) is 13.0. The van der Waals surface area contributed by atoms with Crippen molar-refractivity contribution < 1.29 is 19.1 Å². The summed E-state index contributed by atoms with van der Waals surface area (Å²) in [6, 6.07) is 30.1. The molecule has 3 aromatic carbocycles. The fourth-order valence-electron chi connectivity index (χ4n) is 6.64. The van der Waals surface area contributed by atoms with Crippen LogP contribution in [0.4, 0.5) is 4.79 Å². The van der Waals surface area contributed by atoms with E-state index in [1.807, 2.05) is 36.9 Å². The number of benzene rings is 3. The summed E-state index contributed by atoms with van der Waals surface area (Å²) >= 11 is 0. The van der Waals surface area contributed by atoms with Crippen LogP contribution in [0.5, 0.6) is 0 Å². The number of hydrogen-bond acceptors (Lipinski definition) is 5. The summed E-state index contributed by atoms with van der Waals surface area (Å²) in [5.74, 6) is -0.430. The summed E-state index contributed by atoms with van der Waals surface area (Å²) in [5.41, 5.74) is 2.72. The standard InChI is InChI=1S/C35H42N4O4/c1-26(2)31(33(41)43-4)36(3)34(42)38-22-14-21-37(23-24-38)32(40)30-25-39(30)35(27-15-8-5-9-16-27,28-17-10-6-11-18-28)29-19-12-7-13-20-29/h5-13,15-20,26,30-31H,14,21-25H2,1-4H3/t30-,31+,39?/m1/s1. The molecular weight excluding hydrogens is 540 g/mol. The second-order valence-corrected chi connectivity index (χ2v) is 11.7. The van der Waals surface area contributed by atoms with Crippen molar-refractivity contribution in [2.75, 3.05) is 46.9 Å². The summed E-state index contributed by atoms with van der Waals surface area (Å²) in [7, 11) is 2.99. The highest BCUT2D eigenvalue weighted by Gasteiger charge is 2.56. The maximum atomic E-state index is 14.1. The zero-order chi connectivity index (χ0) is 30.6. The number of methoxy groups -OCH3 is 1. The Hall–Kier alpha value is -4.17. The Kier molecular flexibility index (Phi) is 9.16. The highest BCUT2D eigenvalue weighted by molar-refractivity contribution is 5.86. The molecule has 0 radical (unpaired) electrons. The number of carbonyl (C=O) groups excluding carboxylic acids is 3. The summed E-state index contributed by atoms with van der Waals surface area (Å²) in [6.07, 6.45) is 0.670. The van der Waals surface area contributed by atoms with Crippen LogP contribution in [-0.2, 0) is 19.9 Å². The van der Waals surface area contributed by atoms with Crippen LogP contribution in [0, 0.1) is 5.92 Å². The molecule has 3 atom stereocenters. The van der Waals surface area contributed by atoms with Gasteiger partial charge in [0.25, 0.3) is 0 Å². The molecule has 0 bridgehead atoms. The second-order valence-electron chi connectivity index (χ2n) is 11.7. The van der Waals surface area contributed by atoms with E-state index in [1.165, 1.54) is 12.0 Å². The lowest BCUT2D eigenvalue weighted by Crippen LogP contribution is -2.52. The maximum Gasteiger partial charge on any atom is 0.328 e. The molecule has 0 aliphatic carbocycles. The van der Waals surface area contributed by atoms with Gasteiger partial charge in [-0.3, -0.25) is 9.69 Å². The molecule has 2 aliphatic heterocycles. The van der Waals surface area contributed by atoms with Crippen LogP contribution in [-0.4, -0.2) is 96.5 Å². The molecule has 2 fully saturated rings. The van der Waals surface area contributed by atoms with Gasteiger partial charge in [0.2, 0.25) is 5.91 Å². The molecule has 2 saturated heterocycles. The van der Waals surface area contributed by atoms with E-state index in [2.05, 4.69) is 77.7 Å². The van der Waals surface area contributed by atoms with E-state index in [4.69, 9.17) is 4.74 Å². The summed E-state index contributed by atoms with van der Waals surface area (Å²) < 4.78 is 4.96. The van der Waals surface area contributed by atoms with E-state index in [0.717, 1.165) is 16.7 Å². The molecule has 0 spiro atoms. The molecule has 226 valence electrons. The van der Waals surface area contributed by atoms with Gasteiger partial charge in [0.1, 0.15) is 12.1 Å². The van der Waals surface area contributed by atoms with E-state index >= 15 is 0 Å². The van der Waals surface area contributed by atoms with Gasteiger partial charge in [0, 0.05) is 39.8 Å². The van der Waals surface area contributed by atoms with Gasteiger partial charge >= 0.3 is 12.0 Å². The highest BCUT2D eigenvalue weighted by atomic mass is 16.5. The van der Waals surface area contributed by atoms with Gasteiger partial charge in [-0.15, -0.1) is 0 Å². The number of rotatable bonds is 8. The van der Waals surface area contributed by atoms with Crippen molar-refractivity contribution in [3.8, 4) is 0 Å². The number of nitrogens with zero attached hydrogens (tertiary/aromatic N) is 4. The van der Waals surface area contributed by atoms with Gasteiger partial charge in [0.05, 0.1) is 12.6 Å². The molecule has 1 unspecified atom stereocenters. The Bertz CT molecular complexity index is 1300. The van der Waals surface area contributed by atoms with Crippen molar-refractivity contribution in [3.63, 3.8) is 0 Å². The first kappa shape index (κ1) is 30.3. The largest absolute Gasteiger partial charge is 0.467 e. The van der Waals surface area contributed by atoms with Crippen LogP contribution in [0.15, 0.2) is 91.0 Å². The van der Waals surface area contributed by atoms with Crippen molar-refractivity contribution in [1.82, 2.24) is 19.6 Å². The lowest BCUT2D eigenvalue weighted by Gasteiger charge is -2.38. The first-order valence-corrected chi connectivity index (χ1v) is 15.1. The normalized spacial score (nSPS) is 19.4. The van der Waals surface area contributed by atoms with Crippen molar-refractivity contribution in [2.24, 2.45) is 5.92 Å². The van der Waals surface area contributed by atoms with Gasteiger partial charge in [-0.2, -0.15) is 0 Å². The summed E-state index contributed by atoms with van der Waals surface area (Å²) in [5, 5.41) is 0. The molecule has 8 nitrogen and oxygen atoms in total. The average molecular weight is 583 g/mol. The topological polar surface area (TPSA) is 73.2 Å². The summed E-state index contributed by atoms with van der Waals surface area (Å²) in [4.78, 5) is 47.4. The minimum Gasteiger partial charge on any atom is -0.467 e. The number of urea groups is 1. The predicted octanol–water partition coefficient (Wildman–Crippen LogP) is 4.45. The number of amides is 3. The number of carbonyl (C=O) groups is 3. The minimum absolute atomic E-state index is 0.0874. The quantitative estimate of drug-likeness (QED) is 0.223. The zero-order valence-electron chi connectivity index (χ0n) is 25.6. The molecule has 5 rings (SSSR count). The third kappa shape index (κ3) is 5.89. The predicted molar refractivity (Wildman–Crippen MR) is 166 cm³/mol. The van der Waals surface area contributed by atoms with Crippen LogP contribution in [0.1, 0.15) is 37.0 Å². The van der Waals surface area contributed by atoms with Crippen molar-refractivity contribution in [2.45, 2.75) is 37.9 Å². The molecular formula is C35H42N4O4. The highest BCUT2D eigenvalue weighted by Crippen LogP contribution is 2.48. The molecule has 2 aliphatic rings. The molecule has 0 aromatic heterocycles. The van der Waals surface area contributed by atoms with Crippen LogP contribution in [0.3, 0.4) is 0 Å². The average Bonchev–Trinajstić information content (AvgIpc) is 3.87. The van der Waals surface area contributed by atoms with E-state index in [0.29, 0.717) is 39.1 Å². The Balaban J connectivity index is 1.37. The Labute approximate surface area is 254 Å². The van der Waals surface area contributed by atoms with Crippen molar-refractivity contribution >= 4 is 17.9 Å². The van der Waals surface area contributed by atoms with Crippen LogP contribution in [0.25, 0.3) is 0 Å². The van der Waals surface area contributed by atoms with E-state index in [1.54, 1.807) is 11.9 Å². The smallest absolute Gasteiger partial charge is 0.328 e. The molecule has 3 aromatic rings. The minimum atomic E-state index is -0.666. The van der Waals surface area contributed by atoms with E-state index in [9.17, 15) is 14.4 Å². The lowest BCUT2D eigenvalue weighted by molar-refractivity contribution is -0.147. The van der Waals surface area contributed by atoms with E-state index in [-0.39, 0.29) is 23.9 Å². The molecule has 0 N–H and O–H groups in total. The molecule has 2 heterocycles. The van der Waals surface area contributed by atoms with Gasteiger partial charge in [-0.25, -0.2) is 9.59 Å². The SMILES string of the molecule is COC(=O)[C@H](C(C)C)N(C)C(=O)N1CCCN(C(=O)[C@H]2CN2C(c2ccccc2)(c2ccccc2)c2ccccc2)CC1. The molecule has 8 heteroatoms. The lowest BCUT2D eigenvalue weighted by atomic mass is 9.76. The fourth-order valence-corrected chi connectivity index (χ4v) is 6.64. The first-order chi connectivity index (χ1) is 20.8. The van der Waals surface area contributed by atoms with Crippen LogP contribution < -0.4 is 0 Å². The van der Waals surface area contributed by atoms with Gasteiger partial charge in [0.15, 0.2) is 0 Å². The van der Waals surface area contributed by atoms with Gasteiger partial charge in [-0.05, 0) is 29.0 Å². The summed E-state index contributed by atoms with van der Waals surface area (Å²) in [6.45, 7) is 6.39. The van der Waals surface area contributed by atoms with Crippen LogP contribution >= 0.6 is 0 Å². The molecule has 3 amide bonds. The van der Waals surface area contributed by atoms with Gasteiger partial charge < -0.3 is 19.4 Å². The Morgan fingerprint density at radius 2 is 1.23 bits per heavy atom. The third-order valence-corrected chi connectivity index (χ3v) is 8.77. The Morgan fingerprint density at radius 3 is 1.70 bits per heavy atom. The number of ether oxygens (including phenoxy) is 1. The molecule has 43 heavy (non-hydrogen) atoms. The number of likely N-dealkylation sites (N-methyl/N-ethyl adjacent to an activating group) is 1. The molecule has 0 saturated carbocycles. The van der Waals surface area contributed by atoms with Crippen molar-refractivity contribution in [1.29, 1.82) is 0 Å². The van der Waals surface area contributed by atoms with E-state index < -0.39 is 17.6 Å². The number of esters is 1. The van der Waals surface area contributed by atoms with Gasteiger partial charge in [-0.1, -0.05) is 105 Å². The fraction of sp³-hybridized carbons (Fsp3) is 0.400. The monoisotopic (exact) mass is 582 g/mol. The van der Waals surface area contributed by atoms with Crippen LogP contribution in [0.2, 0.25) is 0 Å². The first-order valence-electron chi connectivity index (χ1n) is 15.1. The van der Waals surface area contributed by atoms with Crippen molar-refractivity contribution in [3.05, 3.63) is 108 Å². The maximum absolute atomic E-state index is 14.1.